The SMILES string of the molecule is CC[NH+](CC(=O)Nc1cc(Cl)ccc1C)Cc1nc2cc(Cl)ccc2c(=O)[nH]1. The van der Waals surface area contributed by atoms with E-state index in [4.69, 9.17) is 23.2 Å². The second-order valence-electron chi connectivity index (χ2n) is 6.64. The van der Waals surface area contributed by atoms with E-state index < -0.39 is 0 Å². The highest BCUT2D eigenvalue weighted by Crippen LogP contribution is 2.19. The van der Waals surface area contributed by atoms with Gasteiger partial charge in [-0.1, -0.05) is 29.3 Å². The van der Waals surface area contributed by atoms with Gasteiger partial charge in [0.05, 0.1) is 17.4 Å². The topological polar surface area (TPSA) is 79.3 Å². The molecule has 0 saturated carbocycles. The van der Waals surface area contributed by atoms with Gasteiger partial charge in [0.15, 0.2) is 12.4 Å². The maximum atomic E-state index is 12.5. The van der Waals surface area contributed by atoms with Crippen LogP contribution in [0.3, 0.4) is 0 Å². The Morgan fingerprint density at radius 3 is 2.64 bits per heavy atom. The summed E-state index contributed by atoms with van der Waals surface area (Å²) in [6, 6.07) is 10.3. The number of amides is 1. The molecule has 3 rings (SSSR count). The highest BCUT2D eigenvalue weighted by Gasteiger charge is 2.16. The third-order valence-corrected chi connectivity index (χ3v) is 4.99. The molecule has 2 aromatic carbocycles. The van der Waals surface area contributed by atoms with Gasteiger partial charge in [-0.05, 0) is 49.7 Å². The number of likely N-dealkylation sites (N-methyl/N-ethyl adjacent to an activating group) is 1. The minimum absolute atomic E-state index is 0.131. The van der Waals surface area contributed by atoms with Crippen LogP contribution in [0, 0.1) is 6.92 Å². The van der Waals surface area contributed by atoms with Crippen molar-refractivity contribution in [2.24, 2.45) is 0 Å². The molecule has 1 atom stereocenters. The van der Waals surface area contributed by atoms with E-state index in [1.807, 2.05) is 19.9 Å². The second kappa shape index (κ2) is 8.73. The number of quaternary nitrogens is 1. The van der Waals surface area contributed by atoms with Gasteiger partial charge in [-0.25, -0.2) is 4.98 Å². The van der Waals surface area contributed by atoms with Crippen LogP contribution < -0.4 is 15.8 Å². The highest BCUT2D eigenvalue weighted by atomic mass is 35.5. The van der Waals surface area contributed by atoms with Gasteiger partial charge in [-0.15, -0.1) is 0 Å². The fraction of sp³-hybridized carbons (Fsp3) is 0.250. The average molecular weight is 420 g/mol. The van der Waals surface area contributed by atoms with E-state index in [9.17, 15) is 9.59 Å². The second-order valence-corrected chi connectivity index (χ2v) is 7.51. The molecule has 1 amide bonds. The van der Waals surface area contributed by atoms with E-state index in [1.165, 1.54) is 0 Å². The molecule has 0 spiro atoms. The van der Waals surface area contributed by atoms with Gasteiger partial charge in [-0.2, -0.15) is 0 Å². The molecule has 3 aromatic rings. The highest BCUT2D eigenvalue weighted by molar-refractivity contribution is 6.31. The number of nitrogens with zero attached hydrogens (tertiary/aromatic N) is 1. The third-order valence-electron chi connectivity index (χ3n) is 4.52. The van der Waals surface area contributed by atoms with Crippen molar-refractivity contribution < 1.29 is 9.69 Å². The van der Waals surface area contributed by atoms with Crippen molar-refractivity contribution in [3.63, 3.8) is 0 Å². The van der Waals surface area contributed by atoms with Crippen molar-refractivity contribution in [2.75, 3.05) is 18.4 Å². The van der Waals surface area contributed by atoms with Crippen molar-refractivity contribution >= 4 is 45.7 Å². The maximum Gasteiger partial charge on any atom is 0.279 e. The molecule has 1 aromatic heterocycles. The number of aromatic amines is 1. The van der Waals surface area contributed by atoms with Gasteiger partial charge in [0.25, 0.3) is 11.5 Å². The van der Waals surface area contributed by atoms with E-state index in [1.54, 1.807) is 30.3 Å². The molecule has 0 aliphatic carbocycles. The summed E-state index contributed by atoms with van der Waals surface area (Å²) in [4.78, 5) is 33.0. The zero-order valence-corrected chi connectivity index (χ0v) is 17.1. The number of aryl methyl sites for hydroxylation is 1. The predicted molar refractivity (Wildman–Crippen MR) is 112 cm³/mol. The molecule has 6 nitrogen and oxygen atoms in total. The fourth-order valence-electron chi connectivity index (χ4n) is 2.94. The number of benzene rings is 2. The largest absolute Gasteiger partial charge is 0.321 e. The van der Waals surface area contributed by atoms with Gasteiger partial charge in [0, 0.05) is 15.7 Å². The number of aromatic nitrogens is 2. The van der Waals surface area contributed by atoms with Crippen molar-refractivity contribution in [1.82, 2.24) is 9.97 Å². The number of rotatable bonds is 6. The minimum Gasteiger partial charge on any atom is -0.321 e. The van der Waals surface area contributed by atoms with Crippen LogP contribution in [0.15, 0.2) is 41.2 Å². The molecule has 146 valence electrons. The van der Waals surface area contributed by atoms with Crippen molar-refractivity contribution in [2.45, 2.75) is 20.4 Å². The van der Waals surface area contributed by atoms with Crippen LogP contribution in [-0.4, -0.2) is 29.0 Å². The van der Waals surface area contributed by atoms with Crippen LogP contribution in [0.25, 0.3) is 10.9 Å². The number of carbonyl (C=O) groups is 1. The van der Waals surface area contributed by atoms with E-state index in [0.29, 0.717) is 45.5 Å². The van der Waals surface area contributed by atoms with Gasteiger partial charge in [-0.3, -0.25) is 9.59 Å². The number of fused-ring (bicyclic) bond motifs is 1. The van der Waals surface area contributed by atoms with Crippen LogP contribution in [0.4, 0.5) is 5.69 Å². The number of H-pyrrole nitrogens is 1. The number of halogens is 2. The maximum absolute atomic E-state index is 12.5. The Balaban J connectivity index is 1.73. The summed E-state index contributed by atoms with van der Waals surface area (Å²) in [5, 5.41) is 4.47. The molecule has 0 aliphatic heterocycles. The molecular formula is C20H21Cl2N4O2+. The standard InChI is InChI=1S/C20H20Cl2N4O2/c1-3-26(11-19(27)24-16-8-13(21)5-4-12(16)2)10-18-23-17-9-14(22)6-7-15(17)20(28)25-18/h4-9H,3,10-11H2,1-2H3,(H,24,27)(H,23,25,28)/p+1. The normalized spacial score (nSPS) is 12.1. The minimum atomic E-state index is -0.217. The Hall–Kier alpha value is -2.41. The molecule has 1 unspecified atom stereocenters. The first-order chi connectivity index (χ1) is 13.4. The molecule has 0 fully saturated rings. The summed E-state index contributed by atoms with van der Waals surface area (Å²) in [5.41, 5.74) is 1.96. The number of nitrogens with one attached hydrogen (secondary N) is 3. The summed E-state index contributed by atoms with van der Waals surface area (Å²) < 4.78 is 0. The summed E-state index contributed by atoms with van der Waals surface area (Å²) in [6.07, 6.45) is 0. The lowest BCUT2D eigenvalue weighted by Gasteiger charge is -2.17. The molecule has 8 heteroatoms. The molecule has 0 bridgehead atoms. The number of hydrogen-bond acceptors (Lipinski definition) is 3. The first kappa shape index (κ1) is 20.3. The molecule has 3 N–H and O–H groups in total. The zero-order valence-electron chi connectivity index (χ0n) is 15.6. The van der Waals surface area contributed by atoms with E-state index in [2.05, 4.69) is 15.3 Å². The Morgan fingerprint density at radius 1 is 1.18 bits per heavy atom. The zero-order chi connectivity index (χ0) is 20.3. The Kier molecular flexibility index (Phi) is 6.34. The first-order valence-electron chi connectivity index (χ1n) is 8.93. The molecule has 0 aliphatic rings. The monoisotopic (exact) mass is 419 g/mol. The van der Waals surface area contributed by atoms with Gasteiger partial charge < -0.3 is 15.2 Å². The molecule has 28 heavy (non-hydrogen) atoms. The smallest absolute Gasteiger partial charge is 0.279 e. The van der Waals surface area contributed by atoms with Crippen LogP contribution in [0.1, 0.15) is 18.3 Å². The lowest BCUT2D eigenvalue weighted by atomic mass is 10.2. The van der Waals surface area contributed by atoms with Crippen LogP contribution >= 0.6 is 23.2 Å². The summed E-state index contributed by atoms with van der Waals surface area (Å²) >= 11 is 12.0. The van der Waals surface area contributed by atoms with Crippen LogP contribution in [-0.2, 0) is 11.3 Å². The van der Waals surface area contributed by atoms with Gasteiger partial charge in [0.1, 0.15) is 6.54 Å². The number of anilines is 1. The van der Waals surface area contributed by atoms with Gasteiger partial charge >= 0.3 is 0 Å². The van der Waals surface area contributed by atoms with E-state index >= 15 is 0 Å². The first-order valence-corrected chi connectivity index (χ1v) is 9.69. The van der Waals surface area contributed by atoms with Crippen molar-refractivity contribution in [3.05, 3.63) is 68.2 Å². The van der Waals surface area contributed by atoms with Crippen LogP contribution in [0.5, 0.6) is 0 Å². The third kappa shape index (κ3) is 4.90. The van der Waals surface area contributed by atoms with E-state index in [-0.39, 0.29) is 18.0 Å². The molecular weight excluding hydrogens is 399 g/mol. The lowest BCUT2D eigenvalue weighted by molar-refractivity contribution is -0.904. The summed E-state index contributed by atoms with van der Waals surface area (Å²) in [5.74, 6) is 0.386. The quantitative estimate of drug-likeness (QED) is 0.574. The predicted octanol–water partition coefficient (Wildman–Crippen LogP) is 2.58. The Labute approximate surface area is 172 Å². The average Bonchev–Trinajstić information content (AvgIpc) is 2.63. The summed E-state index contributed by atoms with van der Waals surface area (Å²) in [7, 11) is 0. The van der Waals surface area contributed by atoms with Gasteiger partial charge in [0.2, 0.25) is 0 Å². The molecule has 0 saturated heterocycles. The van der Waals surface area contributed by atoms with Crippen LogP contribution in [0.2, 0.25) is 10.0 Å². The number of hydrogen-bond donors (Lipinski definition) is 3. The molecule has 0 radical (unpaired) electrons. The Morgan fingerprint density at radius 2 is 1.89 bits per heavy atom. The van der Waals surface area contributed by atoms with Crippen molar-refractivity contribution in [1.29, 1.82) is 0 Å². The fourth-order valence-corrected chi connectivity index (χ4v) is 3.28. The summed E-state index contributed by atoms with van der Waals surface area (Å²) in [6.45, 7) is 5.23. The van der Waals surface area contributed by atoms with E-state index in [0.717, 1.165) is 10.5 Å². The lowest BCUT2D eigenvalue weighted by Crippen LogP contribution is -3.11. The number of carbonyl (C=O) groups excluding carboxylic acids is 1. The van der Waals surface area contributed by atoms with Crippen molar-refractivity contribution in [3.8, 4) is 0 Å². The molecule has 1 heterocycles. The Bertz CT molecular complexity index is 1080.